The summed E-state index contributed by atoms with van der Waals surface area (Å²) in [5.41, 5.74) is 1.30. The van der Waals surface area contributed by atoms with Gasteiger partial charge < -0.3 is 0 Å². The summed E-state index contributed by atoms with van der Waals surface area (Å²) in [5, 5.41) is 7.93. The highest BCUT2D eigenvalue weighted by atomic mass is 16.2. The highest BCUT2D eigenvalue weighted by Crippen LogP contribution is 2.05. The Hall–Kier alpha value is -1.91. The summed E-state index contributed by atoms with van der Waals surface area (Å²) in [7, 11) is 1.78. The molecule has 0 aliphatic heterocycles. The zero-order valence-electron chi connectivity index (χ0n) is 8.01. The van der Waals surface area contributed by atoms with Crippen LogP contribution in [0.4, 0.5) is 0 Å². The van der Waals surface area contributed by atoms with Gasteiger partial charge in [-0.15, -0.1) is 0 Å². The first kappa shape index (κ1) is 8.68. The average molecular weight is 190 g/mol. The van der Waals surface area contributed by atoms with Gasteiger partial charge >= 0.3 is 0 Å². The van der Waals surface area contributed by atoms with E-state index in [-0.39, 0.29) is 5.91 Å². The van der Waals surface area contributed by atoms with Crippen molar-refractivity contribution in [3.05, 3.63) is 35.9 Å². The highest BCUT2D eigenvalue weighted by molar-refractivity contribution is 5.94. The molecular weight excluding hydrogens is 180 g/mol. The van der Waals surface area contributed by atoms with E-state index in [1.165, 1.54) is 4.68 Å². The molecule has 0 amide bonds. The Bertz CT molecular complexity index is 455. The van der Waals surface area contributed by atoms with Crippen molar-refractivity contribution in [1.29, 1.82) is 0 Å². The van der Waals surface area contributed by atoms with Crippen LogP contribution in [0.5, 0.6) is 0 Å². The Balaban J connectivity index is 2.41. The van der Waals surface area contributed by atoms with Gasteiger partial charge in [-0.25, -0.2) is 4.68 Å². The second kappa shape index (κ2) is 3.10. The van der Waals surface area contributed by atoms with Gasteiger partial charge in [-0.3, -0.25) is 9.48 Å². The molecule has 0 radical (unpaired) electrons. The van der Waals surface area contributed by atoms with Crippen molar-refractivity contribution in [2.24, 2.45) is 7.05 Å². The SMILES string of the molecule is Cc1cn(C)nc1C(=O)n1cccn1. The lowest BCUT2D eigenvalue weighted by Gasteiger charge is -1.96. The highest BCUT2D eigenvalue weighted by Gasteiger charge is 2.14. The third kappa shape index (κ3) is 1.32. The van der Waals surface area contributed by atoms with Gasteiger partial charge in [-0.2, -0.15) is 10.2 Å². The number of hydrogen-bond acceptors (Lipinski definition) is 3. The van der Waals surface area contributed by atoms with E-state index < -0.39 is 0 Å². The minimum Gasteiger partial charge on any atom is -0.275 e. The molecule has 5 nitrogen and oxygen atoms in total. The molecule has 0 aromatic carbocycles. The summed E-state index contributed by atoms with van der Waals surface area (Å²) < 4.78 is 2.89. The lowest BCUT2D eigenvalue weighted by atomic mass is 10.3. The molecule has 0 saturated heterocycles. The van der Waals surface area contributed by atoms with E-state index in [4.69, 9.17) is 0 Å². The number of aryl methyl sites for hydroxylation is 2. The van der Waals surface area contributed by atoms with Crippen LogP contribution < -0.4 is 0 Å². The van der Waals surface area contributed by atoms with E-state index in [9.17, 15) is 4.79 Å². The molecule has 0 N–H and O–H groups in total. The maximum Gasteiger partial charge on any atom is 0.298 e. The zero-order valence-corrected chi connectivity index (χ0v) is 8.01. The molecule has 0 aliphatic carbocycles. The third-order valence-corrected chi connectivity index (χ3v) is 1.93. The van der Waals surface area contributed by atoms with Crippen molar-refractivity contribution in [1.82, 2.24) is 19.6 Å². The minimum atomic E-state index is -0.201. The number of hydrogen-bond donors (Lipinski definition) is 0. The van der Waals surface area contributed by atoms with Gasteiger partial charge in [0.25, 0.3) is 5.91 Å². The molecule has 0 aliphatic rings. The fourth-order valence-electron chi connectivity index (χ4n) is 1.32. The Morgan fingerprint density at radius 3 is 2.79 bits per heavy atom. The van der Waals surface area contributed by atoms with Gasteiger partial charge in [0.15, 0.2) is 5.69 Å². The van der Waals surface area contributed by atoms with Crippen molar-refractivity contribution in [2.45, 2.75) is 6.92 Å². The topological polar surface area (TPSA) is 52.7 Å². The van der Waals surface area contributed by atoms with Crippen molar-refractivity contribution >= 4 is 5.91 Å². The maximum atomic E-state index is 11.8. The van der Waals surface area contributed by atoms with Crippen LogP contribution in [0, 0.1) is 6.92 Å². The average Bonchev–Trinajstić information content (AvgIpc) is 2.73. The molecule has 0 atom stereocenters. The lowest BCUT2D eigenvalue weighted by molar-refractivity contribution is 0.0939. The molecular formula is C9H10N4O. The Morgan fingerprint density at radius 1 is 1.50 bits per heavy atom. The van der Waals surface area contributed by atoms with Gasteiger partial charge in [0.1, 0.15) is 0 Å². The summed E-state index contributed by atoms with van der Waals surface area (Å²) >= 11 is 0. The Morgan fingerprint density at radius 2 is 2.29 bits per heavy atom. The molecule has 72 valence electrons. The number of carbonyl (C=O) groups is 1. The molecule has 5 heteroatoms. The van der Waals surface area contributed by atoms with Gasteiger partial charge in [0.2, 0.25) is 0 Å². The van der Waals surface area contributed by atoms with Crippen LogP contribution in [0.15, 0.2) is 24.7 Å². The van der Waals surface area contributed by atoms with Gasteiger partial charge in [-0.1, -0.05) is 0 Å². The molecule has 2 rings (SSSR count). The van der Waals surface area contributed by atoms with Crippen LogP contribution in [0.1, 0.15) is 16.1 Å². The number of rotatable bonds is 1. The quantitative estimate of drug-likeness (QED) is 0.662. The monoisotopic (exact) mass is 190 g/mol. The summed E-state index contributed by atoms with van der Waals surface area (Å²) in [6, 6.07) is 1.70. The first-order chi connectivity index (χ1) is 6.68. The second-order valence-corrected chi connectivity index (χ2v) is 3.09. The largest absolute Gasteiger partial charge is 0.298 e. The van der Waals surface area contributed by atoms with Gasteiger partial charge in [0, 0.05) is 31.2 Å². The predicted molar refractivity (Wildman–Crippen MR) is 49.9 cm³/mol. The van der Waals surface area contributed by atoms with E-state index in [2.05, 4.69) is 10.2 Å². The van der Waals surface area contributed by atoms with Crippen molar-refractivity contribution < 1.29 is 4.79 Å². The molecule has 2 aromatic heterocycles. The zero-order chi connectivity index (χ0) is 10.1. The molecule has 0 unspecified atom stereocenters. The van der Waals surface area contributed by atoms with Crippen molar-refractivity contribution in [3.63, 3.8) is 0 Å². The first-order valence-electron chi connectivity index (χ1n) is 4.23. The number of aromatic nitrogens is 4. The van der Waals surface area contributed by atoms with Crippen molar-refractivity contribution in [3.8, 4) is 0 Å². The first-order valence-corrected chi connectivity index (χ1v) is 4.23. The van der Waals surface area contributed by atoms with Crippen LogP contribution >= 0.6 is 0 Å². The maximum absolute atomic E-state index is 11.8. The van der Waals surface area contributed by atoms with Crippen LogP contribution in [-0.4, -0.2) is 25.5 Å². The fraction of sp³-hybridized carbons (Fsp3) is 0.222. The van der Waals surface area contributed by atoms with Gasteiger partial charge in [-0.05, 0) is 13.0 Å². The normalized spacial score (nSPS) is 10.4. The molecule has 0 spiro atoms. The molecule has 2 aromatic rings. The van der Waals surface area contributed by atoms with Crippen LogP contribution in [0.3, 0.4) is 0 Å². The smallest absolute Gasteiger partial charge is 0.275 e. The summed E-state index contributed by atoms with van der Waals surface area (Å²) in [5.74, 6) is -0.201. The van der Waals surface area contributed by atoms with E-state index in [0.29, 0.717) is 5.69 Å². The van der Waals surface area contributed by atoms with Crippen LogP contribution in [0.25, 0.3) is 0 Å². The van der Waals surface area contributed by atoms with Crippen LogP contribution in [0.2, 0.25) is 0 Å². The summed E-state index contributed by atoms with van der Waals surface area (Å²) in [6.45, 7) is 1.85. The molecule has 2 heterocycles. The predicted octanol–water partition coefficient (Wildman–Crippen LogP) is 0.614. The van der Waals surface area contributed by atoms with Crippen LogP contribution in [-0.2, 0) is 7.05 Å². The summed E-state index contributed by atoms with van der Waals surface area (Å²) in [4.78, 5) is 11.8. The van der Waals surface area contributed by atoms with E-state index in [1.807, 2.05) is 6.92 Å². The Kier molecular flexibility index (Phi) is 1.92. The third-order valence-electron chi connectivity index (χ3n) is 1.93. The van der Waals surface area contributed by atoms with E-state index in [1.54, 1.807) is 36.4 Å². The standard InChI is InChI=1S/C9H10N4O/c1-7-6-12(2)11-8(7)9(14)13-5-3-4-10-13/h3-6H,1-2H3. The van der Waals surface area contributed by atoms with Crippen molar-refractivity contribution in [2.75, 3.05) is 0 Å². The molecule has 0 bridgehead atoms. The van der Waals surface area contributed by atoms with Gasteiger partial charge in [0.05, 0.1) is 0 Å². The summed E-state index contributed by atoms with van der Waals surface area (Å²) in [6.07, 6.45) is 4.98. The fourth-order valence-corrected chi connectivity index (χ4v) is 1.32. The van der Waals surface area contributed by atoms with E-state index >= 15 is 0 Å². The molecule has 0 fully saturated rings. The number of carbonyl (C=O) groups excluding carboxylic acids is 1. The minimum absolute atomic E-state index is 0.201. The molecule has 14 heavy (non-hydrogen) atoms. The Labute approximate surface area is 81.0 Å². The van der Waals surface area contributed by atoms with E-state index in [0.717, 1.165) is 5.56 Å². The number of nitrogens with zero attached hydrogens (tertiary/aromatic N) is 4. The second-order valence-electron chi connectivity index (χ2n) is 3.09. The lowest BCUT2D eigenvalue weighted by Crippen LogP contribution is -2.14. The molecule has 0 saturated carbocycles.